The molecule has 0 aromatic heterocycles. The van der Waals surface area contributed by atoms with Crippen molar-refractivity contribution in [3.8, 4) is 17.2 Å². The summed E-state index contributed by atoms with van der Waals surface area (Å²) in [5, 5.41) is 3.23. The Morgan fingerprint density at radius 3 is 2.25 bits per heavy atom. The third-order valence-corrected chi connectivity index (χ3v) is 3.30. The number of rotatable bonds is 11. The average molecular weight is 353 g/mol. The van der Waals surface area contributed by atoms with Crippen LogP contribution in [-0.2, 0) is 6.42 Å². The highest BCUT2D eigenvalue weighted by Crippen LogP contribution is 2.36. The van der Waals surface area contributed by atoms with Crippen molar-refractivity contribution in [1.29, 1.82) is 0 Å². The predicted molar refractivity (Wildman–Crippen MR) is 82.9 cm³/mol. The molecule has 0 saturated carbocycles. The van der Waals surface area contributed by atoms with Crippen molar-refractivity contribution in [3.63, 3.8) is 0 Å². The van der Waals surface area contributed by atoms with Crippen LogP contribution in [0.3, 0.4) is 0 Å². The van der Waals surface area contributed by atoms with E-state index < -0.39 is 19.0 Å². The van der Waals surface area contributed by atoms with E-state index >= 15 is 0 Å². The van der Waals surface area contributed by atoms with Crippen molar-refractivity contribution in [1.82, 2.24) is 5.32 Å². The Hall–Kier alpha value is -1.70. The first-order chi connectivity index (χ1) is 11.4. The Bertz CT molecular complexity index is 512. The van der Waals surface area contributed by atoms with Crippen LogP contribution in [0.15, 0.2) is 12.1 Å². The highest BCUT2D eigenvalue weighted by molar-refractivity contribution is 5.51. The summed E-state index contributed by atoms with van der Waals surface area (Å²) in [4.78, 5) is 0. The van der Waals surface area contributed by atoms with E-state index in [0.717, 1.165) is 18.5 Å². The van der Waals surface area contributed by atoms with E-state index in [2.05, 4.69) is 12.2 Å². The average Bonchev–Trinajstić information content (AvgIpc) is 2.56. The zero-order valence-corrected chi connectivity index (χ0v) is 14.0. The molecule has 4 nitrogen and oxygen atoms in total. The Balaban J connectivity index is 2.89. The minimum atomic E-state index is -4.24. The summed E-state index contributed by atoms with van der Waals surface area (Å²) in [5.41, 5.74) is 0.797. The van der Waals surface area contributed by atoms with Gasteiger partial charge in [-0.25, -0.2) is 8.78 Å². The molecule has 0 aliphatic rings. The van der Waals surface area contributed by atoms with Gasteiger partial charge >= 0.3 is 12.3 Å². The monoisotopic (exact) mass is 353 g/mol. The lowest BCUT2D eigenvalue weighted by Crippen LogP contribution is -2.33. The first-order valence-corrected chi connectivity index (χ1v) is 7.60. The Morgan fingerprint density at radius 1 is 1.04 bits per heavy atom. The highest BCUT2D eigenvalue weighted by Gasteiger charge is 2.42. The number of alkyl halides is 4. The van der Waals surface area contributed by atoms with Gasteiger partial charge in [-0.05, 0) is 37.6 Å². The van der Waals surface area contributed by atoms with E-state index in [-0.39, 0.29) is 11.5 Å². The Morgan fingerprint density at radius 2 is 1.71 bits per heavy atom. The van der Waals surface area contributed by atoms with Crippen LogP contribution in [-0.4, -0.2) is 46.3 Å². The quantitative estimate of drug-likeness (QED) is 0.488. The molecular formula is C16H23F4NO3. The number of ether oxygens (including phenoxy) is 3. The van der Waals surface area contributed by atoms with Gasteiger partial charge in [0.2, 0.25) is 0 Å². The fourth-order valence-corrected chi connectivity index (χ4v) is 2.00. The summed E-state index contributed by atoms with van der Waals surface area (Å²) in [7, 11) is 2.78. The lowest BCUT2D eigenvalue weighted by molar-refractivity contribution is -0.148. The largest absolute Gasteiger partial charge is 0.496 e. The van der Waals surface area contributed by atoms with Crippen molar-refractivity contribution < 1.29 is 31.8 Å². The lowest BCUT2D eigenvalue weighted by Gasteiger charge is -2.19. The van der Waals surface area contributed by atoms with Crippen LogP contribution in [0.2, 0.25) is 0 Å². The van der Waals surface area contributed by atoms with E-state index in [4.69, 9.17) is 14.2 Å². The van der Waals surface area contributed by atoms with Gasteiger partial charge in [0.15, 0.2) is 18.1 Å². The molecule has 1 rings (SSSR count). The van der Waals surface area contributed by atoms with Gasteiger partial charge in [0.1, 0.15) is 5.75 Å². The van der Waals surface area contributed by atoms with Crippen LogP contribution in [0.5, 0.6) is 17.2 Å². The van der Waals surface area contributed by atoms with Crippen molar-refractivity contribution in [3.05, 3.63) is 17.7 Å². The molecule has 0 aliphatic carbocycles. The Labute approximate surface area is 139 Å². The summed E-state index contributed by atoms with van der Waals surface area (Å²) >= 11 is 0. The number of methoxy groups -OCH3 is 2. The van der Waals surface area contributed by atoms with Crippen LogP contribution in [0.25, 0.3) is 0 Å². The molecule has 0 aliphatic heterocycles. The van der Waals surface area contributed by atoms with Crippen LogP contribution >= 0.6 is 0 Å². The van der Waals surface area contributed by atoms with Gasteiger partial charge in [0.05, 0.1) is 14.2 Å². The molecule has 1 aromatic rings. The Kier molecular flexibility index (Phi) is 8.10. The number of halogens is 4. The maximum atomic E-state index is 13.0. The molecule has 1 aromatic carbocycles. The number of hydrogen-bond acceptors (Lipinski definition) is 4. The fraction of sp³-hybridized carbons (Fsp3) is 0.625. The minimum Gasteiger partial charge on any atom is -0.496 e. The molecule has 0 spiro atoms. The van der Waals surface area contributed by atoms with Crippen LogP contribution < -0.4 is 19.5 Å². The first kappa shape index (κ1) is 20.3. The predicted octanol–water partition coefficient (Wildman–Crippen LogP) is 3.53. The third-order valence-electron chi connectivity index (χ3n) is 3.30. The van der Waals surface area contributed by atoms with E-state index in [1.165, 1.54) is 20.3 Å². The molecule has 24 heavy (non-hydrogen) atoms. The van der Waals surface area contributed by atoms with Crippen LogP contribution in [0.4, 0.5) is 17.6 Å². The lowest BCUT2D eigenvalue weighted by atomic mass is 10.1. The second-order valence-corrected chi connectivity index (χ2v) is 5.17. The molecule has 8 heteroatoms. The number of nitrogens with one attached hydrogen (secondary N) is 1. The topological polar surface area (TPSA) is 39.7 Å². The van der Waals surface area contributed by atoms with Crippen LogP contribution in [0, 0.1) is 0 Å². The normalized spacial score (nSPS) is 11.7. The van der Waals surface area contributed by atoms with E-state index in [0.29, 0.717) is 18.7 Å². The first-order valence-electron chi connectivity index (χ1n) is 7.60. The van der Waals surface area contributed by atoms with Crippen molar-refractivity contribution >= 4 is 0 Å². The van der Waals surface area contributed by atoms with Gasteiger partial charge in [0, 0.05) is 6.07 Å². The summed E-state index contributed by atoms with van der Waals surface area (Å²) in [5.74, 6) is -3.70. The van der Waals surface area contributed by atoms with Gasteiger partial charge in [-0.3, -0.25) is 0 Å². The molecule has 0 fully saturated rings. The molecule has 1 N–H and O–H groups in total. The zero-order chi connectivity index (χ0) is 18.2. The number of benzene rings is 1. The van der Waals surface area contributed by atoms with E-state index in [9.17, 15) is 17.6 Å². The zero-order valence-electron chi connectivity index (χ0n) is 14.0. The van der Waals surface area contributed by atoms with Gasteiger partial charge in [-0.2, -0.15) is 8.78 Å². The minimum absolute atomic E-state index is 0.0695. The van der Waals surface area contributed by atoms with Gasteiger partial charge in [-0.15, -0.1) is 0 Å². The molecular weight excluding hydrogens is 330 g/mol. The van der Waals surface area contributed by atoms with Crippen molar-refractivity contribution in [2.24, 2.45) is 0 Å². The third kappa shape index (κ3) is 5.74. The summed E-state index contributed by atoms with van der Waals surface area (Å²) < 4.78 is 65.6. The maximum absolute atomic E-state index is 13.0. The molecule has 0 amide bonds. The smallest absolute Gasteiger partial charge is 0.340 e. The van der Waals surface area contributed by atoms with Crippen molar-refractivity contribution in [2.45, 2.75) is 32.1 Å². The molecule has 138 valence electrons. The number of hydrogen-bond donors (Lipinski definition) is 1. The second kappa shape index (κ2) is 9.56. The SMILES string of the molecule is CCCNCCc1cc(OC)c(OCC(F)(F)C(F)F)cc1OC. The molecule has 0 saturated heterocycles. The summed E-state index contributed by atoms with van der Waals surface area (Å²) in [6, 6.07) is 2.97. The van der Waals surface area contributed by atoms with E-state index in [1.807, 2.05) is 0 Å². The van der Waals surface area contributed by atoms with Gasteiger partial charge < -0.3 is 19.5 Å². The molecule has 0 radical (unpaired) electrons. The fourth-order valence-electron chi connectivity index (χ4n) is 2.00. The van der Waals surface area contributed by atoms with Crippen LogP contribution in [0.1, 0.15) is 18.9 Å². The van der Waals surface area contributed by atoms with Gasteiger partial charge in [0.25, 0.3) is 0 Å². The maximum Gasteiger partial charge on any atom is 0.340 e. The second-order valence-electron chi connectivity index (χ2n) is 5.17. The van der Waals surface area contributed by atoms with Crippen molar-refractivity contribution in [2.75, 3.05) is 33.9 Å². The molecule has 0 heterocycles. The highest BCUT2D eigenvalue weighted by atomic mass is 19.3. The molecule has 0 unspecified atom stereocenters. The standard InChI is InChI=1S/C16H23F4NO3/c1-4-6-21-7-5-11-8-13(23-3)14(9-12(11)22-2)24-10-16(19,20)15(17)18/h8-9,15,21H,4-7,10H2,1-3H3. The summed E-state index contributed by atoms with van der Waals surface area (Å²) in [6.45, 7) is 2.19. The molecule has 0 bridgehead atoms. The van der Waals surface area contributed by atoms with Gasteiger partial charge in [-0.1, -0.05) is 6.92 Å². The summed E-state index contributed by atoms with van der Waals surface area (Å²) in [6.07, 6.45) is -2.16. The van der Waals surface area contributed by atoms with E-state index in [1.54, 1.807) is 6.07 Å². The molecule has 0 atom stereocenters.